The van der Waals surface area contributed by atoms with Gasteiger partial charge in [-0.25, -0.2) is 9.37 Å². The minimum absolute atomic E-state index is 0.0125. The molecule has 1 N–H and O–H groups in total. The molecule has 1 aliphatic heterocycles. The van der Waals surface area contributed by atoms with Crippen molar-refractivity contribution in [2.75, 3.05) is 4.90 Å². The van der Waals surface area contributed by atoms with Gasteiger partial charge in [-0.15, -0.1) is 11.3 Å². The first-order valence-corrected chi connectivity index (χ1v) is 10.5. The Hall–Kier alpha value is -3.52. The van der Waals surface area contributed by atoms with Crippen LogP contribution < -0.4 is 9.64 Å². The highest BCUT2D eigenvalue weighted by Crippen LogP contribution is 2.42. The fourth-order valence-electron chi connectivity index (χ4n) is 3.44. The van der Waals surface area contributed by atoms with Gasteiger partial charge in [0.25, 0.3) is 5.78 Å². The number of amides is 1. The third kappa shape index (κ3) is 3.94. The Morgan fingerprint density at radius 2 is 1.81 bits per heavy atom. The minimum atomic E-state index is -0.932. The van der Waals surface area contributed by atoms with Crippen LogP contribution in [-0.2, 0) is 9.59 Å². The van der Waals surface area contributed by atoms with Crippen LogP contribution in [0.1, 0.15) is 31.0 Å². The molecule has 1 amide bonds. The van der Waals surface area contributed by atoms with Gasteiger partial charge in [-0.05, 0) is 55.8 Å². The molecule has 1 fully saturated rings. The van der Waals surface area contributed by atoms with Gasteiger partial charge in [0.2, 0.25) is 0 Å². The van der Waals surface area contributed by atoms with E-state index in [-0.39, 0.29) is 17.4 Å². The van der Waals surface area contributed by atoms with Gasteiger partial charge in [-0.1, -0.05) is 12.1 Å². The van der Waals surface area contributed by atoms with Gasteiger partial charge in [-0.3, -0.25) is 14.5 Å². The summed E-state index contributed by atoms with van der Waals surface area (Å²) in [6.45, 7) is 3.80. The van der Waals surface area contributed by atoms with Crippen LogP contribution >= 0.6 is 11.3 Å². The van der Waals surface area contributed by atoms with Crippen molar-refractivity contribution in [1.29, 1.82) is 0 Å². The fourth-order valence-corrected chi connectivity index (χ4v) is 4.11. The van der Waals surface area contributed by atoms with Gasteiger partial charge in [-0.2, -0.15) is 0 Å². The molecule has 0 unspecified atom stereocenters. The number of aliphatic hydroxyl groups excluding tert-OH is 1. The number of thiazole rings is 1. The van der Waals surface area contributed by atoms with Crippen LogP contribution in [0.15, 0.2) is 65.7 Å². The molecule has 158 valence electrons. The third-order valence-corrected chi connectivity index (χ3v) is 5.53. The summed E-state index contributed by atoms with van der Waals surface area (Å²) >= 11 is 1.19. The van der Waals surface area contributed by atoms with E-state index in [9.17, 15) is 19.1 Å². The molecule has 0 spiro atoms. The van der Waals surface area contributed by atoms with Gasteiger partial charge in [0.05, 0.1) is 17.7 Å². The predicted octanol–water partition coefficient (Wildman–Crippen LogP) is 4.70. The molecule has 1 aromatic heterocycles. The van der Waals surface area contributed by atoms with Crippen LogP contribution in [0.4, 0.5) is 9.52 Å². The van der Waals surface area contributed by atoms with Crippen LogP contribution in [0.5, 0.6) is 5.75 Å². The molecular formula is C23H19FN2O4S. The number of halogens is 1. The quantitative estimate of drug-likeness (QED) is 0.355. The molecule has 2 heterocycles. The summed E-state index contributed by atoms with van der Waals surface area (Å²) in [6.07, 6.45) is 1.51. The molecule has 0 bridgehead atoms. The van der Waals surface area contributed by atoms with Gasteiger partial charge < -0.3 is 9.84 Å². The number of rotatable bonds is 5. The zero-order valence-electron chi connectivity index (χ0n) is 16.8. The number of carbonyl (C=O) groups excluding carboxylic acids is 2. The van der Waals surface area contributed by atoms with E-state index in [0.29, 0.717) is 22.0 Å². The maximum Gasteiger partial charge on any atom is 0.301 e. The first kappa shape index (κ1) is 20.7. The van der Waals surface area contributed by atoms with Crippen LogP contribution in [0.3, 0.4) is 0 Å². The number of Topliss-reactive ketones (excluding diaryl/α,β-unsaturated/α-hetero) is 1. The third-order valence-electron chi connectivity index (χ3n) is 4.76. The van der Waals surface area contributed by atoms with Crippen molar-refractivity contribution in [1.82, 2.24) is 4.98 Å². The van der Waals surface area contributed by atoms with Crippen LogP contribution in [0.25, 0.3) is 5.76 Å². The highest BCUT2D eigenvalue weighted by molar-refractivity contribution is 7.14. The maximum atomic E-state index is 13.5. The second-order valence-electron chi connectivity index (χ2n) is 7.23. The lowest BCUT2D eigenvalue weighted by Crippen LogP contribution is -2.29. The van der Waals surface area contributed by atoms with Crippen molar-refractivity contribution >= 4 is 33.9 Å². The maximum absolute atomic E-state index is 13.5. The Kier molecular flexibility index (Phi) is 5.56. The molecule has 0 radical (unpaired) electrons. The highest BCUT2D eigenvalue weighted by atomic mass is 32.1. The number of anilines is 1. The van der Waals surface area contributed by atoms with Crippen LogP contribution in [0, 0.1) is 5.82 Å². The number of aliphatic hydroxyl groups is 1. The average molecular weight is 438 g/mol. The molecule has 31 heavy (non-hydrogen) atoms. The monoisotopic (exact) mass is 438 g/mol. The van der Waals surface area contributed by atoms with Crippen molar-refractivity contribution in [3.8, 4) is 5.75 Å². The van der Waals surface area contributed by atoms with Crippen molar-refractivity contribution in [2.24, 2.45) is 0 Å². The number of carbonyl (C=O) groups is 2. The van der Waals surface area contributed by atoms with E-state index in [1.54, 1.807) is 29.6 Å². The van der Waals surface area contributed by atoms with E-state index in [1.165, 1.54) is 46.7 Å². The van der Waals surface area contributed by atoms with Crippen molar-refractivity contribution in [2.45, 2.75) is 26.0 Å². The minimum Gasteiger partial charge on any atom is -0.507 e. The number of hydrogen-bond donors (Lipinski definition) is 1. The molecule has 8 heteroatoms. The number of benzene rings is 2. The van der Waals surface area contributed by atoms with E-state index in [4.69, 9.17) is 4.74 Å². The zero-order valence-corrected chi connectivity index (χ0v) is 17.6. The molecule has 1 atom stereocenters. The Balaban J connectivity index is 1.84. The summed E-state index contributed by atoms with van der Waals surface area (Å²) < 4.78 is 19.1. The van der Waals surface area contributed by atoms with Crippen LogP contribution in [0.2, 0.25) is 0 Å². The van der Waals surface area contributed by atoms with Crippen molar-refractivity contribution < 1.29 is 23.8 Å². The lowest BCUT2D eigenvalue weighted by Gasteiger charge is -2.23. The number of hydrogen-bond acceptors (Lipinski definition) is 6. The van der Waals surface area contributed by atoms with Gasteiger partial charge >= 0.3 is 5.91 Å². The van der Waals surface area contributed by atoms with E-state index in [0.717, 1.165) is 0 Å². The topological polar surface area (TPSA) is 79.7 Å². The Labute approximate surface area is 182 Å². The van der Waals surface area contributed by atoms with E-state index in [2.05, 4.69) is 4.98 Å². The summed E-state index contributed by atoms with van der Waals surface area (Å²) in [6, 6.07) is 11.1. The fraction of sp³-hybridized carbons (Fsp3) is 0.174. The van der Waals surface area contributed by atoms with Gasteiger partial charge in [0.1, 0.15) is 17.3 Å². The second-order valence-corrected chi connectivity index (χ2v) is 8.10. The first-order chi connectivity index (χ1) is 14.9. The molecule has 3 aromatic rings. The summed E-state index contributed by atoms with van der Waals surface area (Å²) in [4.78, 5) is 31.2. The lowest BCUT2D eigenvalue weighted by molar-refractivity contribution is -0.132. The second kappa shape index (κ2) is 8.31. The standard InChI is InChI=1S/C23H19FN2O4S/c1-13(2)30-17-9-5-15(6-10-17)20(27)18-19(14-3-7-16(24)8-4-14)26(22(29)21(18)28)23-25-11-12-31-23/h3-13,19,27H,1-2H3/b20-18+/t19-/m0/s1. The molecule has 2 aromatic carbocycles. The first-order valence-electron chi connectivity index (χ1n) is 9.60. The summed E-state index contributed by atoms with van der Waals surface area (Å²) in [5, 5.41) is 13.0. The Morgan fingerprint density at radius 1 is 1.13 bits per heavy atom. The molecule has 6 nitrogen and oxygen atoms in total. The molecular weight excluding hydrogens is 419 g/mol. The van der Waals surface area contributed by atoms with Gasteiger partial charge in [0, 0.05) is 17.1 Å². The number of ether oxygens (including phenoxy) is 1. The molecule has 4 rings (SSSR count). The number of ketones is 1. The van der Waals surface area contributed by atoms with Crippen molar-refractivity contribution in [3.05, 3.63) is 82.6 Å². The highest BCUT2D eigenvalue weighted by Gasteiger charge is 2.47. The summed E-state index contributed by atoms with van der Waals surface area (Å²) in [5.41, 5.74) is 0.766. The number of aromatic nitrogens is 1. The largest absolute Gasteiger partial charge is 0.507 e. The SMILES string of the molecule is CC(C)Oc1ccc(/C(O)=C2\C(=O)C(=O)N(c3nccs3)[C@H]2c2ccc(F)cc2)cc1. The van der Waals surface area contributed by atoms with E-state index >= 15 is 0 Å². The lowest BCUT2D eigenvalue weighted by atomic mass is 9.95. The summed E-state index contributed by atoms with van der Waals surface area (Å²) in [5.74, 6) is -1.78. The zero-order chi connectivity index (χ0) is 22.1. The molecule has 0 aliphatic carbocycles. The molecule has 1 saturated heterocycles. The Morgan fingerprint density at radius 3 is 2.39 bits per heavy atom. The molecule has 1 aliphatic rings. The Bertz CT molecular complexity index is 1140. The smallest absolute Gasteiger partial charge is 0.301 e. The van der Waals surface area contributed by atoms with E-state index < -0.39 is 23.5 Å². The predicted molar refractivity (Wildman–Crippen MR) is 116 cm³/mol. The summed E-state index contributed by atoms with van der Waals surface area (Å²) in [7, 11) is 0. The van der Waals surface area contributed by atoms with Gasteiger partial charge in [0.15, 0.2) is 5.13 Å². The van der Waals surface area contributed by atoms with Crippen molar-refractivity contribution in [3.63, 3.8) is 0 Å². The average Bonchev–Trinajstić information content (AvgIpc) is 3.35. The number of nitrogens with zero attached hydrogens (tertiary/aromatic N) is 2. The van der Waals surface area contributed by atoms with Crippen LogP contribution in [-0.4, -0.2) is 27.9 Å². The van der Waals surface area contributed by atoms with E-state index in [1.807, 2.05) is 13.8 Å². The molecule has 0 saturated carbocycles. The normalized spacial score (nSPS) is 18.1.